The summed E-state index contributed by atoms with van der Waals surface area (Å²) in [6.07, 6.45) is 4.28. The van der Waals surface area contributed by atoms with Crippen LogP contribution in [-0.2, 0) is 22.4 Å². The van der Waals surface area contributed by atoms with Crippen LogP contribution in [0.15, 0.2) is 36.5 Å². The zero-order valence-corrected chi connectivity index (χ0v) is 10.5. The number of aryl methyl sites for hydroxylation is 2. The van der Waals surface area contributed by atoms with Crippen molar-refractivity contribution in [3.63, 3.8) is 0 Å². The van der Waals surface area contributed by atoms with Crippen molar-refractivity contribution in [3.8, 4) is 0 Å². The van der Waals surface area contributed by atoms with Gasteiger partial charge in [0.25, 0.3) is 0 Å². The minimum absolute atomic E-state index is 0.209. The maximum Gasteiger partial charge on any atom is 0.331 e. The minimum atomic E-state index is -0.294. The van der Waals surface area contributed by atoms with E-state index in [4.69, 9.17) is 4.74 Å². The van der Waals surface area contributed by atoms with Crippen LogP contribution in [0.5, 0.6) is 0 Å². The SMILES string of the molecule is O=C1OCCC1n1cc(CCc2ccccc2)nn1. The number of carbonyl (C=O) groups is 1. The first-order chi connectivity index (χ1) is 9.33. The summed E-state index contributed by atoms with van der Waals surface area (Å²) < 4.78 is 6.55. The van der Waals surface area contributed by atoms with E-state index < -0.39 is 0 Å². The maximum absolute atomic E-state index is 11.5. The molecule has 5 nitrogen and oxygen atoms in total. The fourth-order valence-corrected chi connectivity index (χ4v) is 2.22. The van der Waals surface area contributed by atoms with E-state index in [1.165, 1.54) is 5.56 Å². The predicted molar refractivity (Wildman–Crippen MR) is 68.5 cm³/mol. The van der Waals surface area contributed by atoms with Crippen molar-refractivity contribution >= 4 is 5.97 Å². The van der Waals surface area contributed by atoms with Gasteiger partial charge in [0.2, 0.25) is 0 Å². The van der Waals surface area contributed by atoms with Gasteiger partial charge in [-0.1, -0.05) is 35.5 Å². The summed E-state index contributed by atoms with van der Waals surface area (Å²) >= 11 is 0. The van der Waals surface area contributed by atoms with Crippen molar-refractivity contribution in [1.29, 1.82) is 0 Å². The van der Waals surface area contributed by atoms with Crippen LogP contribution in [0, 0.1) is 0 Å². The van der Waals surface area contributed by atoms with E-state index in [1.807, 2.05) is 24.4 Å². The van der Waals surface area contributed by atoms with Crippen LogP contribution in [0.25, 0.3) is 0 Å². The maximum atomic E-state index is 11.5. The standard InChI is InChI=1S/C14H15N3O2/c18-14-13(8-9-19-14)17-10-12(15-16-17)7-6-11-4-2-1-3-5-11/h1-5,10,13H,6-9H2. The second-order valence-electron chi connectivity index (χ2n) is 4.65. The number of esters is 1. The third kappa shape index (κ3) is 2.65. The Morgan fingerprint density at radius 2 is 2.11 bits per heavy atom. The van der Waals surface area contributed by atoms with Gasteiger partial charge in [-0.3, -0.25) is 0 Å². The Bertz CT molecular complexity index is 565. The Balaban J connectivity index is 1.64. The van der Waals surface area contributed by atoms with Crippen LogP contribution in [0.2, 0.25) is 0 Å². The van der Waals surface area contributed by atoms with Gasteiger partial charge in [0.1, 0.15) is 0 Å². The molecule has 1 atom stereocenters. The van der Waals surface area contributed by atoms with Crippen molar-refractivity contribution in [3.05, 3.63) is 47.8 Å². The lowest BCUT2D eigenvalue weighted by molar-refractivity contribution is -0.140. The first-order valence-corrected chi connectivity index (χ1v) is 6.44. The zero-order chi connectivity index (χ0) is 13.1. The van der Waals surface area contributed by atoms with E-state index in [2.05, 4.69) is 22.4 Å². The van der Waals surface area contributed by atoms with Gasteiger partial charge in [-0.25, -0.2) is 9.48 Å². The van der Waals surface area contributed by atoms with Crippen LogP contribution in [-0.4, -0.2) is 27.6 Å². The highest BCUT2D eigenvalue weighted by Gasteiger charge is 2.29. The van der Waals surface area contributed by atoms with Gasteiger partial charge in [-0.15, -0.1) is 5.10 Å². The molecule has 0 bridgehead atoms. The molecule has 1 aromatic heterocycles. The third-order valence-corrected chi connectivity index (χ3v) is 3.30. The molecule has 0 amide bonds. The summed E-state index contributed by atoms with van der Waals surface area (Å²) in [5.41, 5.74) is 2.18. The Kier molecular flexibility index (Phi) is 3.27. The third-order valence-electron chi connectivity index (χ3n) is 3.30. The molecule has 0 saturated carbocycles. The largest absolute Gasteiger partial charge is 0.464 e. The number of rotatable bonds is 4. The minimum Gasteiger partial charge on any atom is -0.464 e. The van der Waals surface area contributed by atoms with Gasteiger partial charge in [0.05, 0.1) is 12.3 Å². The van der Waals surface area contributed by atoms with Crippen molar-refractivity contribution in [2.24, 2.45) is 0 Å². The smallest absolute Gasteiger partial charge is 0.331 e. The van der Waals surface area contributed by atoms with E-state index in [0.717, 1.165) is 18.5 Å². The van der Waals surface area contributed by atoms with Crippen molar-refractivity contribution in [2.45, 2.75) is 25.3 Å². The van der Waals surface area contributed by atoms with Crippen LogP contribution < -0.4 is 0 Å². The Morgan fingerprint density at radius 1 is 1.26 bits per heavy atom. The molecule has 1 unspecified atom stereocenters. The lowest BCUT2D eigenvalue weighted by Crippen LogP contribution is -2.14. The predicted octanol–water partition coefficient (Wildman–Crippen LogP) is 1.55. The molecule has 2 aromatic rings. The van der Waals surface area contributed by atoms with E-state index in [9.17, 15) is 4.79 Å². The van der Waals surface area contributed by atoms with E-state index in [1.54, 1.807) is 4.68 Å². The summed E-state index contributed by atoms with van der Waals surface area (Å²) in [7, 11) is 0. The number of cyclic esters (lactones) is 1. The van der Waals surface area contributed by atoms with Crippen molar-refractivity contribution in [1.82, 2.24) is 15.0 Å². The van der Waals surface area contributed by atoms with Gasteiger partial charge in [0, 0.05) is 12.6 Å². The summed E-state index contributed by atoms with van der Waals surface area (Å²) in [5.74, 6) is -0.209. The molecule has 1 saturated heterocycles. The highest BCUT2D eigenvalue weighted by Crippen LogP contribution is 2.19. The molecule has 1 aliphatic heterocycles. The molecule has 3 rings (SSSR count). The van der Waals surface area contributed by atoms with Gasteiger partial charge in [-0.05, 0) is 18.4 Å². The van der Waals surface area contributed by atoms with E-state index >= 15 is 0 Å². The molecule has 0 radical (unpaired) electrons. The quantitative estimate of drug-likeness (QED) is 0.780. The fraction of sp³-hybridized carbons (Fsp3) is 0.357. The fourth-order valence-electron chi connectivity index (χ4n) is 2.22. The van der Waals surface area contributed by atoms with Gasteiger partial charge in [-0.2, -0.15) is 0 Å². The van der Waals surface area contributed by atoms with Crippen LogP contribution >= 0.6 is 0 Å². The molecule has 98 valence electrons. The molecular formula is C14H15N3O2. The molecule has 1 aliphatic rings. The molecule has 0 N–H and O–H groups in total. The van der Waals surface area contributed by atoms with Crippen LogP contribution in [0.4, 0.5) is 0 Å². The lowest BCUT2D eigenvalue weighted by Gasteiger charge is -2.03. The topological polar surface area (TPSA) is 57.0 Å². The summed E-state index contributed by atoms with van der Waals surface area (Å²) in [5, 5.41) is 8.14. The number of aromatic nitrogens is 3. The number of ether oxygens (including phenoxy) is 1. The Labute approximate surface area is 111 Å². The molecule has 2 heterocycles. The average Bonchev–Trinajstić information content (AvgIpc) is 3.06. The van der Waals surface area contributed by atoms with Gasteiger partial charge >= 0.3 is 5.97 Å². The number of benzene rings is 1. The average molecular weight is 257 g/mol. The Morgan fingerprint density at radius 3 is 2.84 bits per heavy atom. The van der Waals surface area contributed by atoms with Crippen molar-refractivity contribution < 1.29 is 9.53 Å². The van der Waals surface area contributed by atoms with E-state index in [-0.39, 0.29) is 12.0 Å². The second-order valence-corrected chi connectivity index (χ2v) is 4.65. The second kappa shape index (κ2) is 5.22. The van der Waals surface area contributed by atoms with Crippen LogP contribution in [0.3, 0.4) is 0 Å². The number of hydrogen-bond acceptors (Lipinski definition) is 4. The normalized spacial score (nSPS) is 18.5. The first-order valence-electron chi connectivity index (χ1n) is 6.44. The molecule has 5 heteroatoms. The lowest BCUT2D eigenvalue weighted by atomic mass is 10.1. The van der Waals surface area contributed by atoms with Gasteiger partial charge in [0.15, 0.2) is 6.04 Å². The van der Waals surface area contributed by atoms with E-state index in [0.29, 0.717) is 13.0 Å². The molecule has 0 spiro atoms. The molecule has 19 heavy (non-hydrogen) atoms. The number of carbonyl (C=O) groups excluding carboxylic acids is 1. The number of hydrogen-bond donors (Lipinski definition) is 0. The summed E-state index contributed by atoms with van der Waals surface area (Å²) in [4.78, 5) is 11.5. The molecule has 0 aliphatic carbocycles. The number of nitrogens with zero attached hydrogens (tertiary/aromatic N) is 3. The van der Waals surface area contributed by atoms with Crippen molar-refractivity contribution in [2.75, 3.05) is 6.61 Å². The monoisotopic (exact) mass is 257 g/mol. The molecule has 1 aromatic carbocycles. The zero-order valence-electron chi connectivity index (χ0n) is 10.5. The van der Waals surface area contributed by atoms with Gasteiger partial charge < -0.3 is 4.74 Å². The molecular weight excluding hydrogens is 242 g/mol. The highest BCUT2D eigenvalue weighted by molar-refractivity contribution is 5.75. The highest BCUT2D eigenvalue weighted by atomic mass is 16.5. The van der Waals surface area contributed by atoms with Crippen LogP contribution in [0.1, 0.15) is 23.7 Å². The first kappa shape index (κ1) is 11.9. The summed E-state index contributed by atoms with van der Waals surface area (Å²) in [6.45, 7) is 0.475. The Hall–Kier alpha value is -2.17. The molecule has 1 fully saturated rings. The summed E-state index contributed by atoms with van der Waals surface area (Å²) in [6, 6.07) is 9.96.